The van der Waals surface area contributed by atoms with E-state index < -0.39 is 10.0 Å². The van der Waals surface area contributed by atoms with E-state index >= 15 is 0 Å². The van der Waals surface area contributed by atoms with Crippen LogP contribution in [0.4, 0.5) is 11.4 Å². The zero-order valence-electron chi connectivity index (χ0n) is 8.55. The molecule has 2 N–H and O–H groups in total. The van der Waals surface area contributed by atoms with Gasteiger partial charge in [0.15, 0.2) is 0 Å². The molecule has 0 radical (unpaired) electrons. The maximum atomic E-state index is 11.9. The van der Waals surface area contributed by atoms with Gasteiger partial charge in [0.2, 0.25) is 0 Å². The Balaban J connectivity index is 2.31. The Bertz CT molecular complexity index is 592. The third-order valence-corrected chi connectivity index (χ3v) is 4.21. The van der Waals surface area contributed by atoms with Crippen molar-refractivity contribution in [3.8, 4) is 0 Å². The first-order valence-electron chi connectivity index (χ1n) is 5.09. The van der Waals surface area contributed by atoms with E-state index in [9.17, 15) is 8.42 Å². The summed E-state index contributed by atoms with van der Waals surface area (Å²) in [5, 5.41) is 0. The molecule has 0 amide bonds. The molecule has 0 bridgehead atoms. The molecule has 5 nitrogen and oxygen atoms in total. The van der Waals surface area contributed by atoms with Gasteiger partial charge in [0.25, 0.3) is 10.0 Å². The van der Waals surface area contributed by atoms with Crippen molar-refractivity contribution >= 4 is 27.2 Å². The highest BCUT2D eigenvalue weighted by Crippen LogP contribution is 2.36. The molecule has 1 saturated heterocycles. The Kier molecular flexibility index (Phi) is 1.79. The number of hydrogen-bond donors (Lipinski definition) is 1. The Morgan fingerprint density at radius 2 is 2.19 bits per heavy atom. The van der Waals surface area contributed by atoms with E-state index in [-0.39, 0.29) is 4.90 Å². The smallest absolute Gasteiger partial charge is 0.286 e. The lowest BCUT2D eigenvalue weighted by Gasteiger charge is -2.25. The molecule has 16 heavy (non-hydrogen) atoms. The van der Waals surface area contributed by atoms with Crippen molar-refractivity contribution < 1.29 is 8.42 Å². The first-order valence-corrected chi connectivity index (χ1v) is 6.53. The molecular formula is C10H11N3O2S. The van der Waals surface area contributed by atoms with Gasteiger partial charge in [-0.25, -0.2) is 0 Å². The summed E-state index contributed by atoms with van der Waals surface area (Å²) in [6.45, 7) is 0.825. The number of rotatable bonds is 0. The van der Waals surface area contributed by atoms with Crippen LogP contribution in [0.1, 0.15) is 12.8 Å². The van der Waals surface area contributed by atoms with Gasteiger partial charge >= 0.3 is 0 Å². The van der Waals surface area contributed by atoms with Crippen LogP contribution < -0.4 is 10.6 Å². The minimum atomic E-state index is -3.55. The molecule has 2 heterocycles. The molecule has 0 atom stereocenters. The summed E-state index contributed by atoms with van der Waals surface area (Å²) >= 11 is 0. The van der Waals surface area contributed by atoms with Crippen LogP contribution in [0, 0.1) is 0 Å². The largest absolute Gasteiger partial charge is 0.399 e. The first-order chi connectivity index (χ1) is 7.58. The molecular weight excluding hydrogens is 226 g/mol. The van der Waals surface area contributed by atoms with Gasteiger partial charge in [0.05, 0.1) is 5.69 Å². The van der Waals surface area contributed by atoms with Crippen LogP contribution in [0.5, 0.6) is 0 Å². The number of nitrogen functional groups attached to an aromatic ring is 1. The topological polar surface area (TPSA) is 75.8 Å². The monoisotopic (exact) mass is 237 g/mol. The fraction of sp³-hybridized carbons (Fsp3) is 0.300. The highest BCUT2D eigenvalue weighted by atomic mass is 32.2. The maximum absolute atomic E-state index is 11.9. The Hall–Kier alpha value is -1.56. The van der Waals surface area contributed by atoms with Crippen LogP contribution in [-0.2, 0) is 10.0 Å². The third kappa shape index (κ3) is 1.23. The van der Waals surface area contributed by atoms with Gasteiger partial charge in [0, 0.05) is 18.7 Å². The zero-order valence-corrected chi connectivity index (χ0v) is 9.37. The Morgan fingerprint density at radius 1 is 1.38 bits per heavy atom. The maximum Gasteiger partial charge on any atom is 0.286 e. The van der Waals surface area contributed by atoms with E-state index in [1.165, 1.54) is 6.07 Å². The van der Waals surface area contributed by atoms with Gasteiger partial charge in [-0.3, -0.25) is 0 Å². The van der Waals surface area contributed by atoms with Crippen LogP contribution in [-0.4, -0.2) is 20.8 Å². The lowest BCUT2D eigenvalue weighted by molar-refractivity contribution is 0.597. The van der Waals surface area contributed by atoms with E-state index in [1.54, 1.807) is 12.1 Å². The molecule has 84 valence electrons. The Labute approximate surface area is 93.6 Å². The summed E-state index contributed by atoms with van der Waals surface area (Å²) in [4.78, 5) is 2.17. The van der Waals surface area contributed by atoms with Crippen molar-refractivity contribution in [3.63, 3.8) is 0 Å². The van der Waals surface area contributed by atoms with Crippen molar-refractivity contribution in [2.24, 2.45) is 4.40 Å². The van der Waals surface area contributed by atoms with Crippen molar-refractivity contribution in [1.82, 2.24) is 0 Å². The summed E-state index contributed by atoms with van der Waals surface area (Å²) in [6.07, 6.45) is 1.67. The Morgan fingerprint density at radius 3 is 3.00 bits per heavy atom. The number of nitrogens with zero attached hydrogens (tertiary/aromatic N) is 2. The molecule has 0 saturated carbocycles. The molecule has 1 aromatic rings. The fourth-order valence-electron chi connectivity index (χ4n) is 2.16. The van der Waals surface area contributed by atoms with Gasteiger partial charge in [0.1, 0.15) is 10.7 Å². The summed E-state index contributed by atoms with van der Waals surface area (Å²) in [6, 6.07) is 4.95. The molecule has 0 unspecified atom stereocenters. The number of fused-ring (bicyclic) bond motifs is 3. The fourth-order valence-corrected chi connectivity index (χ4v) is 3.46. The minimum absolute atomic E-state index is 0.221. The average Bonchev–Trinajstić information content (AvgIpc) is 2.65. The summed E-state index contributed by atoms with van der Waals surface area (Å²) in [5.41, 5.74) is 6.76. The van der Waals surface area contributed by atoms with E-state index in [0.29, 0.717) is 17.2 Å². The van der Waals surface area contributed by atoms with Crippen LogP contribution in [0.25, 0.3) is 0 Å². The van der Waals surface area contributed by atoms with E-state index in [2.05, 4.69) is 4.40 Å². The first kappa shape index (κ1) is 9.65. The summed E-state index contributed by atoms with van der Waals surface area (Å²) in [7, 11) is -3.55. The molecule has 0 spiro atoms. The quantitative estimate of drug-likeness (QED) is 0.682. The molecule has 0 aliphatic carbocycles. The number of anilines is 2. The van der Waals surface area contributed by atoms with Crippen LogP contribution in [0.15, 0.2) is 27.5 Å². The number of hydrogen-bond acceptors (Lipinski definition) is 4. The second kappa shape index (κ2) is 2.98. The van der Waals surface area contributed by atoms with Crippen molar-refractivity contribution in [2.75, 3.05) is 17.2 Å². The molecule has 1 aromatic carbocycles. The molecule has 6 heteroatoms. The van der Waals surface area contributed by atoms with Crippen LogP contribution in [0.2, 0.25) is 0 Å². The lowest BCUT2D eigenvalue weighted by Crippen LogP contribution is -2.30. The third-order valence-electron chi connectivity index (χ3n) is 2.87. The van der Waals surface area contributed by atoms with E-state index in [4.69, 9.17) is 5.73 Å². The van der Waals surface area contributed by atoms with Gasteiger partial charge in [-0.05, 0) is 24.6 Å². The SMILES string of the molecule is Nc1ccc2c(c1)S(=O)(=O)N=C1CCCN12. The summed E-state index contributed by atoms with van der Waals surface area (Å²) in [5.74, 6) is 0.650. The molecule has 0 aromatic heterocycles. The van der Waals surface area contributed by atoms with Gasteiger partial charge < -0.3 is 10.6 Å². The molecule has 2 aliphatic rings. The average molecular weight is 237 g/mol. The zero-order chi connectivity index (χ0) is 11.3. The second-order valence-corrected chi connectivity index (χ2v) is 5.54. The van der Waals surface area contributed by atoms with E-state index in [0.717, 1.165) is 19.4 Å². The van der Waals surface area contributed by atoms with Crippen molar-refractivity contribution in [2.45, 2.75) is 17.7 Å². The van der Waals surface area contributed by atoms with Gasteiger partial charge in [-0.15, -0.1) is 4.40 Å². The second-order valence-electron chi connectivity index (χ2n) is 3.96. The number of benzene rings is 1. The van der Waals surface area contributed by atoms with Crippen LogP contribution >= 0.6 is 0 Å². The normalized spacial score (nSPS) is 21.2. The lowest BCUT2D eigenvalue weighted by atomic mass is 10.2. The molecule has 3 rings (SSSR count). The van der Waals surface area contributed by atoms with Crippen molar-refractivity contribution in [3.05, 3.63) is 18.2 Å². The van der Waals surface area contributed by atoms with Crippen LogP contribution in [0.3, 0.4) is 0 Å². The predicted molar refractivity (Wildman–Crippen MR) is 62.1 cm³/mol. The highest BCUT2D eigenvalue weighted by Gasteiger charge is 2.33. The van der Waals surface area contributed by atoms with Gasteiger partial charge in [-0.2, -0.15) is 8.42 Å². The van der Waals surface area contributed by atoms with Crippen molar-refractivity contribution in [1.29, 1.82) is 0 Å². The standard InChI is InChI=1S/C10H11N3O2S/c11-7-3-4-8-9(6-7)16(14,15)12-10-2-1-5-13(8)10/h3-4,6H,1-2,5,11H2. The number of nitrogens with two attached hydrogens (primary N) is 1. The minimum Gasteiger partial charge on any atom is -0.399 e. The highest BCUT2D eigenvalue weighted by molar-refractivity contribution is 7.90. The summed E-state index contributed by atoms with van der Waals surface area (Å²) < 4.78 is 27.6. The molecule has 1 fully saturated rings. The van der Waals surface area contributed by atoms with Gasteiger partial charge in [-0.1, -0.05) is 0 Å². The number of sulfonamides is 1. The predicted octanol–water partition coefficient (Wildman–Crippen LogP) is 0.970. The molecule has 2 aliphatic heterocycles. The van der Waals surface area contributed by atoms with E-state index in [1.807, 2.05) is 4.90 Å². The number of amidine groups is 1.